The zero-order valence-electron chi connectivity index (χ0n) is 13.4. The van der Waals surface area contributed by atoms with Crippen LogP contribution in [0.4, 0.5) is 5.82 Å². The highest BCUT2D eigenvalue weighted by Crippen LogP contribution is 2.41. The summed E-state index contributed by atoms with van der Waals surface area (Å²) in [6.45, 7) is 4.82. The Labute approximate surface area is 133 Å². The van der Waals surface area contributed by atoms with E-state index < -0.39 is 23.6 Å². The molecule has 3 rings (SSSR count). The predicted octanol–water partition coefficient (Wildman–Crippen LogP) is 0.421. The van der Waals surface area contributed by atoms with E-state index in [-0.39, 0.29) is 6.61 Å². The molecule has 0 saturated carbocycles. The molecule has 8 nitrogen and oxygen atoms in total. The first-order chi connectivity index (χ1) is 10.7. The Balaban J connectivity index is 1.96. The highest BCUT2D eigenvalue weighted by atomic mass is 16.7. The fraction of sp³-hybridized carbons (Fsp3) is 0.600. The molecule has 2 aromatic rings. The van der Waals surface area contributed by atoms with Crippen LogP contribution in [0.5, 0.6) is 0 Å². The van der Waals surface area contributed by atoms with Gasteiger partial charge in [0.25, 0.3) is 0 Å². The van der Waals surface area contributed by atoms with Crippen molar-refractivity contribution in [2.75, 3.05) is 12.3 Å². The van der Waals surface area contributed by atoms with Crippen LogP contribution in [0.15, 0.2) is 18.5 Å². The van der Waals surface area contributed by atoms with E-state index in [9.17, 15) is 10.2 Å². The van der Waals surface area contributed by atoms with Crippen molar-refractivity contribution >= 4 is 11.3 Å². The quantitative estimate of drug-likeness (QED) is 0.699. The van der Waals surface area contributed by atoms with E-state index in [4.69, 9.17) is 15.2 Å². The summed E-state index contributed by atoms with van der Waals surface area (Å²) in [7, 11) is 0. The Morgan fingerprint density at radius 3 is 2.91 bits per heavy atom. The Bertz CT molecular complexity index is 711. The van der Waals surface area contributed by atoms with Gasteiger partial charge in [0, 0.05) is 6.42 Å². The van der Waals surface area contributed by atoms with E-state index in [1.165, 1.54) is 6.33 Å². The van der Waals surface area contributed by atoms with Crippen molar-refractivity contribution in [2.24, 2.45) is 0 Å². The van der Waals surface area contributed by atoms with Crippen molar-refractivity contribution < 1.29 is 19.7 Å². The molecule has 126 valence electrons. The molecule has 0 aliphatic carbocycles. The maximum atomic E-state index is 9.90. The second-order valence-corrected chi connectivity index (χ2v) is 6.54. The number of hydrogen-bond donors (Lipinski definition) is 3. The van der Waals surface area contributed by atoms with E-state index >= 15 is 0 Å². The number of nitrogens with two attached hydrogens (primary N) is 1. The molecule has 3 atom stereocenters. The summed E-state index contributed by atoms with van der Waals surface area (Å²) in [6, 6.07) is 3.71. The van der Waals surface area contributed by atoms with Crippen molar-refractivity contribution in [3.05, 3.63) is 24.2 Å². The summed E-state index contributed by atoms with van der Waals surface area (Å²) in [4.78, 5) is 3.97. The predicted molar refractivity (Wildman–Crippen MR) is 82.5 cm³/mol. The first-order valence-electron chi connectivity index (χ1n) is 7.51. The van der Waals surface area contributed by atoms with Crippen LogP contribution in [0.25, 0.3) is 5.52 Å². The van der Waals surface area contributed by atoms with Crippen LogP contribution in [-0.2, 0) is 15.1 Å². The number of nitrogens with zero attached hydrogens (tertiary/aromatic N) is 3. The van der Waals surface area contributed by atoms with Crippen molar-refractivity contribution in [1.29, 1.82) is 0 Å². The molecule has 0 radical (unpaired) electrons. The lowest BCUT2D eigenvalue weighted by Gasteiger charge is -2.25. The van der Waals surface area contributed by atoms with Crippen molar-refractivity contribution in [3.8, 4) is 0 Å². The monoisotopic (exact) mass is 322 g/mol. The van der Waals surface area contributed by atoms with Crippen molar-refractivity contribution in [3.63, 3.8) is 0 Å². The number of nitrogen functional groups attached to an aromatic ring is 1. The van der Waals surface area contributed by atoms with E-state index in [1.807, 2.05) is 19.1 Å². The topological polar surface area (TPSA) is 115 Å². The summed E-state index contributed by atoms with van der Waals surface area (Å²) >= 11 is 0. The normalized spacial score (nSPS) is 28.6. The fourth-order valence-corrected chi connectivity index (χ4v) is 3.13. The van der Waals surface area contributed by atoms with Crippen molar-refractivity contribution in [2.45, 2.75) is 50.8 Å². The van der Waals surface area contributed by atoms with Crippen LogP contribution in [0.3, 0.4) is 0 Å². The molecular formula is C15H22N4O4. The second-order valence-electron chi connectivity index (χ2n) is 6.54. The number of aliphatic hydroxyl groups is 2. The molecule has 3 heterocycles. The molecule has 1 fully saturated rings. The van der Waals surface area contributed by atoms with Gasteiger partial charge < -0.3 is 25.4 Å². The molecule has 4 N–H and O–H groups in total. The summed E-state index contributed by atoms with van der Waals surface area (Å²) < 4.78 is 13.4. The van der Waals surface area contributed by atoms with Gasteiger partial charge in [-0.2, -0.15) is 5.10 Å². The number of aliphatic hydroxyl groups excluding tert-OH is 1. The van der Waals surface area contributed by atoms with E-state index in [2.05, 4.69) is 10.1 Å². The average molecular weight is 322 g/mol. The highest BCUT2D eigenvalue weighted by molar-refractivity contribution is 5.65. The zero-order valence-corrected chi connectivity index (χ0v) is 13.4. The van der Waals surface area contributed by atoms with Crippen LogP contribution < -0.4 is 5.73 Å². The van der Waals surface area contributed by atoms with Gasteiger partial charge in [0.15, 0.2) is 11.6 Å². The lowest BCUT2D eigenvalue weighted by Crippen LogP contribution is -2.36. The number of ether oxygens (including phenoxy) is 2. The maximum Gasteiger partial charge on any atom is 0.160 e. The Morgan fingerprint density at radius 2 is 2.26 bits per heavy atom. The molecule has 1 aliphatic heterocycles. The molecule has 0 unspecified atom stereocenters. The first kappa shape index (κ1) is 16.1. The number of aromatic nitrogens is 3. The third-order valence-corrected chi connectivity index (χ3v) is 4.06. The second kappa shape index (κ2) is 5.41. The lowest BCUT2D eigenvalue weighted by atomic mass is 9.96. The van der Waals surface area contributed by atoms with Gasteiger partial charge in [0.2, 0.25) is 0 Å². The van der Waals surface area contributed by atoms with Crippen molar-refractivity contribution in [1.82, 2.24) is 14.6 Å². The summed E-state index contributed by atoms with van der Waals surface area (Å²) in [6.07, 6.45) is 0.891. The van der Waals surface area contributed by atoms with Crippen LogP contribution in [0.1, 0.15) is 32.9 Å². The molecule has 2 aromatic heterocycles. The molecule has 0 aromatic carbocycles. The van der Waals surface area contributed by atoms with Gasteiger partial charge in [-0.1, -0.05) is 0 Å². The number of fused-ring (bicyclic) bond motifs is 1. The molecule has 0 spiro atoms. The third-order valence-electron chi connectivity index (χ3n) is 4.06. The van der Waals surface area contributed by atoms with Crippen LogP contribution in [0, 0.1) is 0 Å². The van der Waals surface area contributed by atoms with Gasteiger partial charge in [-0.05, 0) is 32.9 Å². The van der Waals surface area contributed by atoms with Crippen LogP contribution in [-0.4, -0.2) is 49.4 Å². The minimum Gasteiger partial charge on any atom is -0.394 e. The molecule has 0 amide bonds. The summed E-state index contributed by atoms with van der Waals surface area (Å²) in [5.74, 6) is -0.920. The first-order valence-corrected chi connectivity index (χ1v) is 7.51. The number of hydrogen-bond acceptors (Lipinski definition) is 7. The van der Waals surface area contributed by atoms with Gasteiger partial charge in [-0.25, -0.2) is 9.50 Å². The van der Waals surface area contributed by atoms with Gasteiger partial charge >= 0.3 is 0 Å². The molecule has 1 aliphatic rings. The van der Waals surface area contributed by atoms with Gasteiger partial charge in [0.1, 0.15) is 23.5 Å². The Morgan fingerprint density at radius 1 is 1.52 bits per heavy atom. The zero-order chi connectivity index (χ0) is 16.8. The summed E-state index contributed by atoms with van der Waals surface area (Å²) in [5, 5.41) is 23.7. The molecule has 23 heavy (non-hydrogen) atoms. The van der Waals surface area contributed by atoms with E-state index in [0.29, 0.717) is 17.8 Å². The Hall–Kier alpha value is -1.74. The van der Waals surface area contributed by atoms with E-state index in [1.54, 1.807) is 18.4 Å². The van der Waals surface area contributed by atoms with E-state index in [0.717, 1.165) is 5.69 Å². The minimum atomic E-state index is -1.31. The fourth-order valence-electron chi connectivity index (χ4n) is 3.13. The van der Waals surface area contributed by atoms with Crippen LogP contribution >= 0.6 is 0 Å². The smallest absolute Gasteiger partial charge is 0.160 e. The highest BCUT2D eigenvalue weighted by Gasteiger charge is 2.47. The van der Waals surface area contributed by atoms with Gasteiger partial charge in [-0.15, -0.1) is 0 Å². The van der Waals surface area contributed by atoms with Crippen LogP contribution in [0.2, 0.25) is 0 Å². The average Bonchev–Trinajstić information content (AvgIpc) is 3.00. The molecule has 1 saturated heterocycles. The number of rotatable bonds is 4. The maximum absolute atomic E-state index is 9.90. The molecular weight excluding hydrogens is 300 g/mol. The molecule has 8 heteroatoms. The molecule has 0 bridgehead atoms. The summed E-state index contributed by atoms with van der Waals surface area (Å²) in [5.41, 5.74) is 6.63. The standard InChI is InChI=1S/C15H22N4O4/c1-14(2,21)22-10-6-15(3,23-11(10)7-20)12-5-4-9-13(16)17-8-18-19(9)12/h4-5,8,10-11,20-21H,6-7H2,1-3H3,(H2,16,17,18)/t10-,11+,15+/m0/s1. The van der Waals surface area contributed by atoms with Gasteiger partial charge in [0.05, 0.1) is 18.4 Å². The lowest BCUT2D eigenvalue weighted by molar-refractivity contribution is -0.217. The Kier molecular flexibility index (Phi) is 3.80. The van der Waals surface area contributed by atoms with Gasteiger partial charge in [-0.3, -0.25) is 0 Å². The largest absolute Gasteiger partial charge is 0.394 e. The number of anilines is 1. The SMILES string of the molecule is CC(C)(O)O[C@H]1C[C@](C)(c2ccc3c(N)ncnn23)O[C@@H]1CO. The third kappa shape index (κ3) is 2.90. The minimum absolute atomic E-state index is 0.198.